The van der Waals surface area contributed by atoms with E-state index in [0.29, 0.717) is 17.7 Å². The summed E-state index contributed by atoms with van der Waals surface area (Å²) in [6.07, 6.45) is 3.84. The second-order valence-electron chi connectivity index (χ2n) is 7.33. The minimum Gasteiger partial charge on any atom is -0.454 e. The van der Waals surface area contributed by atoms with Crippen molar-refractivity contribution < 1.29 is 23.9 Å². The van der Waals surface area contributed by atoms with Gasteiger partial charge in [-0.3, -0.25) is 24.1 Å². The lowest BCUT2D eigenvalue weighted by molar-refractivity contribution is -0.153. The van der Waals surface area contributed by atoms with E-state index in [9.17, 15) is 24.4 Å². The molecule has 8 nitrogen and oxygen atoms in total. The molecule has 3 rings (SSSR count). The van der Waals surface area contributed by atoms with Gasteiger partial charge in [-0.15, -0.1) is 0 Å². The number of ether oxygens (including phenoxy) is 1. The molecule has 10 heteroatoms. The zero-order chi connectivity index (χ0) is 22.1. The number of nitrogens with zero attached hydrogens (tertiary/aromatic N) is 3. The molecular weight excluding hydrogens is 433 g/mol. The highest BCUT2D eigenvalue weighted by molar-refractivity contribution is 6.43. The van der Waals surface area contributed by atoms with Crippen LogP contribution < -0.4 is 0 Å². The largest absolute Gasteiger partial charge is 0.454 e. The monoisotopic (exact) mass is 451 g/mol. The molecule has 0 aromatic heterocycles. The van der Waals surface area contributed by atoms with Crippen LogP contribution in [0.25, 0.3) is 0 Å². The smallest absolute Gasteiger partial charge is 0.326 e. The van der Waals surface area contributed by atoms with E-state index in [0.717, 1.165) is 19.3 Å². The van der Waals surface area contributed by atoms with Gasteiger partial charge in [-0.25, -0.2) is 0 Å². The summed E-state index contributed by atoms with van der Waals surface area (Å²) < 4.78 is 4.97. The molecule has 0 unspecified atom stereocenters. The first-order chi connectivity index (χ1) is 14.2. The van der Waals surface area contributed by atoms with Crippen LogP contribution in [0.5, 0.6) is 0 Å². The molecular formula is C20H19Cl2N3O5. The van der Waals surface area contributed by atoms with Gasteiger partial charge in [0.05, 0.1) is 27.2 Å². The van der Waals surface area contributed by atoms with E-state index in [4.69, 9.17) is 27.9 Å². The maximum Gasteiger partial charge on any atom is 0.326 e. The van der Waals surface area contributed by atoms with Crippen molar-refractivity contribution in [2.24, 2.45) is 0 Å². The molecule has 3 amide bonds. The summed E-state index contributed by atoms with van der Waals surface area (Å²) in [5.74, 6) is -2.83. The van der Waals surface area contributed by atoms with Gasteiger partial charge in [-0.2, -0.15) is 5.26 Å². The number of likely N-dealkylation sites (N-methyl/N-ethyl adjacent to an activating group) is 1. The average molecular weight is 452 g/mol. The van der Waals surface area contributed by atoms with E-state index in [1.807, 2.05) is 0 Å². The topological polar surface area (TPSA) is 108 Å². The molecule has 1 aliphatic carbocycles. The van der Waals surface area contributed by atoms with Crippen molar-refractivity contribution in [1.29, 1.82) is 5.26 Å². The highest BCUT2D eigenvalue weighted by atomic mass is 35.5. The molecule has 0 saturated heterocycles. The normalized spacial score (nSPS) is 17.3. The Hall–Kier alpha value is -2.63. The number of carbonyl (C=O) groups is 4. The van der Waals surface area contributed by atoms with Crippen molar-refractivity contribution in [3.05, 3.63) is 33.3 Å². The number of nitriles is 1. The Morgan fingerprint density at radius 2 is 1.67 bits per heavy atom. The standard InChI is InChI=1S/C20H19Cl2N3O5/c1-24(20(11-23)5-3-2-4-6-20)16(26)10-30-17(27)9-25-18(28)12-7-14(21)15(22)8-13(12)19(25)29/h7-8H,2-6,9-10H2,1H3. The lowest BCUT2D eigenvalue weighted by Gasteiger charge is -2.38. The number of fused-ring (bicyclic) bond motifs is 1. The Morgan fingerprint density at radius 3 is 2.17 bits per heavy atom. The van der Waals surface area contributed by atoms with Crippen LogP contribution in [0.3, 0.4) is 0 Å². The second-order valence-corrected chi connectivity index (χ2v) is 8.14. The molecule has 0 atom stereocenters. The number of imide groups is 1. The fraction of sp³-hybridized carbons (Fsp3) is 0.450. The maximum absolute atomic E-state index is 12.5. The van der Waals surface area contributed by atoms with Crippen LogP contribution in [0.4, 0.5) is 0 Å². The molecule has 158 valence electrons. The quantitative estimate of drug-likeness (QED) is 0.502. The van der Waals surface area contributed by atoms with E-state index in [1.54, 1.807) is 0 Å². The summed E-state index contributed by atoms with van der Waals surface area (Å²) in [5.41, 5.74) is -0.805. The molecule has 1 aromatic carbocycles. The summed E-state index contributed by atoms with van der Waals surface area (Å²) in [6, 6.07) is 4.77. The summed E-state index contributed by atoms with van der Waals surface area (Å²) in [6.45, 7) is -1.23. The molecule has 0 radical (unpaired) electrons. The van der Waals surface area contributed by atoms with E-state index in [-0.39, 0.29) is 21.2 Å². The number of carbonyl (C=O) groups excluding carboxylic acids is 4. The predicted molar refractivity (Wildman–Crippen MR) is 107 cm³/mol. The van der Waals surface area contributed by atoms with Gasteiger partial charge >= 0.3 is 5.97 Å². The molecule has 1 saturated carbocycles. The first-order valence-electron chi connectivity index (χ1n) is 9.39. The van der Waals surface area contributed by atoms with Crippen LogP contribution in [0.15, 0.2) is 12.1 Å². The first-order valence-corrected chi connectivity index (χ1v) is 10.1. The van der Waals surface area contributed by atoms with Gasteiger partial charge in [0.15, 0.2) is 6.61 Å². The van der Waals surface area contributed by atoms with Crippen LogP contribution in [0.1, 0.15) is 52.8 Å². The Kier molecular flexibility index (Phi) is 6.34. The summed E-state index contributed by atoms with van der Waals surface area (Å²) >= 11 is 11.8. The average Bonchev–Trinajstić information content (AvgIpc) is 2.96. The van der Waals surface area contributed by atoms with Crippen LogP contribution in [0, 0.1) is 11.3 Å². The highest BCUT2D eigenvalue weighted by Crippen LogP contribution is 2.33. The van der Waals surface area contributed by atoms with Crippen molar-refractivity contribution in [2.75, 3.05) is 20.2 Å². The number of hydrogen-bond donors (Lipinski definition) is 0. The fourth-order valence-electron chi connectivity index (χ4n) is 3.74. The van der Waals surface area contributed by atoms with Crippen LogP contribution in [-0.4, -0.2) is 59.2 Å². The molecule has 1 heterocycles. The molecule has 0 bridgehead atoms. The number of halogens is 2. The van der Waals surface area contributed by atoms with E-state index < -0.39 is 42.4 Å². The van der Waals surface area contributed by atoms with Crippen molar-refractivity contribution in [3.63, 3.8) is 0 Å². The number of hydrogen-bond acceptors (Lipinski definition) is 6. The van der Waals surface area contributed by atoms with Gasteiger partial charge < -0.3 is 9.64 Å². The third-order valence-electron chi connectivity index (χ3n) is 5.56. The van der Waals surface area contributed by atoms with Crippen LogP contribution in [-0.2, 0) is 14.3 Å². The van der Waals surface area contributed by atoms with Crippen molar-refractivity contribution in [3.8, 4) is 6.07 Å². The minimum absolute atomic E-state index is 0.0475. The molecule has 30 heavy (non-hydrogen) atoms. The van der Waals surface area contributed by atoms with Gasteiger partial charge in [0.1, 0.15) is 12.1 Å². The molecule has 1 aromatic rings. The SMILES string of the molecule is CN(C(=O)COC(=O)CN1C(=O)c2cc(Cl)c(Cl)cc2C1=O)C1(C#N)CCCCC1. The fourth-order valence-corrected chi connectivity index (χ4v) is 4.07. The lowest BCUT2D eigenvalue weighted by Crippen LogP contribution is -2.51. The molecule has 1 fully saturated rings. The Morgan fingerprint density at radius 1 is 1.13 bits per heavy atom. The second kappa shape index (κ2) is 8.62. The van der Waals surface area contributed by atoms with Crippen molar-refractivity contribution in [1.82, 2.24) is 9.80 Å². The molecule has 2 aliphatic rings. The molecule has 1 aliphatic heterocycles. The van der Waals surface area contributed by atoms with Crippen LogP contribution >= 0.6 is 23.2 Å². The van der Waals surface area contributed by atoms with Gasteiger partial charge in [0.2, 0.25) is 0 Å². The highest BCUT2D eigenvalue weighted by Gasteiger charge is 2.40. The van der Waals surface area contributed by atoms with Crippen LogP contribution in [0.2, 0.25) is 10.0 Å². The molecule has 0 N–H and O–H groups in total. The van der Waals surface area contributed by atoms with Gasteiger partial charge in [0.25, 0.3) is 17.7 Å². The Labute approximate surface area is 183 Å². The third kappa shape index (κ3) is 4.00. The van der Waals surface area contributed by atoms with E-state index >= 15 is 0 Å². The number of rotatable bonds is 5. The maximum atomic E-state index is 12.5. The number of amides is 3. The number of esters is 1. The zero-order valence-corrected chi connectivity index (χ0v) is 17.8. The van der Waals surface area contributed by atoms with Gasteiger partial charge in [-0.1, -0.05) is 42.5 Å². The van der Waals surface area contributed by atoms with Gasteiger partial charge in [0, 0.05) is 7.05 Å². The summed E-state index contributed by atoms with van der Waals surface area (Å²) in [7, 11) is 1.52. The third-order valence-corrected chi connectivity index (χ3v) is 6.28. The summed E-state index contributed by atoms with van der Waals surface area (Å²) in [5, 5.41) is 9.79. The Bertz CT molecular complexity index is 925. The number of benzene rings is 1. The predicted octanol–water partition coefficient (Wildman–Crippen LogP) is 2.82. The van der Waals surface area contributed by atoms with E-state index in [1.165, 1.54) is 24.1 Å². The first kappa shape index (κ1) is 22.1. The lowest BCUT2D eigenvalue weighted by atomic mass is 9.81. The minimum atomic E-state index is -0.918. The van der Waals surface area contributed by atoms with Crippen molar-refractivity contribution >= 4 is 46.9 Å². The summed E-state index contributed by atoms with van der Waals surface area (Å²) in [4.78, 5) is 51.5. The van der Waals surface area contributed by atoms with E-state index in [2.05, 4.69) is 6.07 Å². The zero-order valence-electron chi connectivity index (χ0n) is 16.2. The van der Waals surface area contributed by atoms with Crippen molar-refractivity contribution in [2.45, 2.75) is 37.6 Å². The Balaban J connectivity index is 1.60. The molecule has 0 spiro atoms. The van der Waals surface area contributed by atoms with Gasteiger partial charge in [-0.05, 0) is 25.0 Å².